The summed E-state index contributed by atoms with van der Waals surface area (Å²) in [5, 5.41) is 4.17. The van der Waals surface area contributed by atoms with Gasteiger partial charge in [-0.15, -0.1) is 0 Å². The van der Waals surface area contributed by atoms with Crippen molar-refractivity contribution in [1.82, 2.24) is 4.90 Å². The number of hydrogen-bond acceptors (Lipinski definition) is 4. The quantitative estimate of drug-likeness (QED) is 0.534. The molecule has 4 rings (SSSR count). The second-order valence-electron chi connectivity index (χ2n) is 7.49. The SMILES string of the molecule is COc1ccc(C2=NO[C@@H](CN(Cc3cccc(F)c3)C(=O)c3ccccc3F)C2)cc1. The molecule has 3 aromatic rings. The van der Waals surface area contributed by atoms with Crippen LogP contribution in [0.4, 0.5) is 8.78 Å². The smallest absolute Gasteiger partial charge is 0.257 e. The molecule has 0 aliphatic carbocycles. The Kier molecular flexibility index (Phi) is 6.44. The van der Waals surface area contributed by atoms with Crippen molar-refractivity contribution in [2.75, 3.05) is 13.7 Å². The predicted molar refractivity (Wildman–Crippen MR) is 117 cm³/mol. The fraction of sp³-hybridized carbons (Fsp3) is 0.200. The van der Waals surface area contributed by atoms with Crippen molar-refractivity contribution in [3.63, 3.8) is 0 Å². The fourth-order valence-electron chi connectivity index (χ4n) is 3.61. The summed E-state index contributed by atoms with van der Waals surface area (Å²) in [5.41, 5.74) is 2.20. The van der Waals surface area contributed by atoms with E-state index >= 15 is 0 Å². The molecule has 0 radical (unpaired) electrons. The van der Waals surface area contributed by atoms with Crippen molar-refractivity contribution in [1.29, 1.82) is 0 Å². The number of ether oxygens (including phenoxy) is 1. The second kappa shape index (κ2) is 9.60. The van der Waals surface area contributed by atoms with E-state index in [1.54, 1.807) is 25.3 Å². The molecule has 0 N–H and O–H groups in total. The third-order valence-corrected chi connectivity index (χ3v) is 5.23. The first-order valence-corrected chi connectivity index (χ1v) is 10.2. The van der Waals surface area contributed by atoms with Crippen LogP contribution in [0.5, 0.6) is 5.75 Å². The first kappa shape index (κ1) is 21.5. The Morgan fingerprint density at radius 2 is 1.88 bits per heavy atom. The van der Waals surface area contributed by atoms with Gasteiger partial charge < -0.3 is 14.5 Å². The Balaban J connectivity index is 1.51. The Morgan fingerprint density at radius 3 is 2.59 bits per heavy atom. The molecule has 32 heavy (non-hydrogen) atoms. The third-order valence-electron chi connectivity index (χ3n) is 5.23. The molecule has 1 heterocycles. The number of hydrogen-bond donors (Lipinski definition) is 0. The maximum atomic E-state index is 14.3. The number of carbonyl (C=O) groups excluding carboxylic acids is 1. The molecule has 0 fully saturated rings. The Morgan fingerprint density at radius 1 is 1.09 bits per heavy atom. The molecule has 0 spiro atoms. The zero-order valence-corrected chi connectivity index (χ0v) is 17.5. The summed E-state index contributed by atoms with van der Waals surface area (Å²) in [4.78, 5) is 20.2. The number of nitrogens with zero attached hydrogens (tertiary/aromatic N) is 2. The summed E-state index contributed by atoms with van der Waals surface area (Å²) < 4.78 is 33.2. The highest BCUT2D eigenvalue weighted by Crippen LogP contribution is 2.22. The summed E-state index contributed by atoms with van der Waals surface area (Å²) in [5.74, 6) is -0.761. The number of carbonyl (C=O) groups is 1. The van der Waals surface area contributed by atoms with E-state index in [2.05, 4.69) is 5.16 Å². The lowest BCUT2D eigenvalue weighted by molar-refractivity contribution is 0.0402. The van der Waals surface area contributed by atoms with Gasteiger partial charge in [0.2, 0.25) is 0 Å². The molecule has 5 nitrogen and oxygen atoms in total. The number of rotatable bonds is 7. The Labute approximate surface area is 184 Å². The van der Waals surface area contributed by atoms with Gasteiger partial charge in [-0.1, -0.05) is 29.4 Å². The van der Waals surface area contributed by atoms with Crippen molar-refractivity contribution in [3.05, 3.63) is 101 Å². The lowest BCUT2D eigenvalue weighted by Crippen LogP contribution is -2.37. The van der Waals surface area contributed by atoms with Gasteiger partial charge in [-0.3, -0.25) is 4.79 Å². The topological polar surface area (TPSA) is 51.1 Å². The van der Waals surface area contributed by atoms with E-state index in [9.17, 15) is 13.6 Å². The summed E-state index contributed by atoms with van der Waals surface area (Å²) in [6.45, 7) is 0.287. The molecule has 0 saturated carbocycles. The highest BCUT2D eigenvalue weighted by molar-refractivity contribution is 6.01. The normalized spacial score (nSPS) is 15.1. The van der Waals surface area contributed by atoms with Crippen molar-refractivity contribution in [3.8, 4) is 5.75 Å². The molecule has 3 aromatic carbocycles. The van der Waals surface area contributed by atoms with E-state index in [-0.39, 0.29) is 18.7 Å². The van der Waals surface area contributed by atoms with E-state index < -0.39 is 23.6 Å². The molecule has 0 unspecified atom stereocenters. The van der Waals surface area contributed by atoms with Gasteiger partial charge in [-0.2, -0.15) is 0 Å². The highest BCUT2D eigenvalue weighted by Gasteiger charge is 2.28. The monoisotopic (exact) mass is 436 g/mol. The van der Waals surface area contributed by atoms with Gasteiger partial charge in [-0.05, 0) is 59.7 Å². The molecule has 1 aliphatic rings. The average Bonchev–Trinajstić information content (AvgIpc) is 3.27. The lowest BCUT2D eigenvalue weighted by Gasteiger charge is -2.25. The minimum absolute atomic E-state index is 0.0433. The number of benzene rings is 3. The van der Waals surface area contributed by atoms with E-state index in [0.717, 1.165) is 17.0 Å². The summed E-state index contributed by atoms with van der Waals surface area (Å²) in [7, 11) is 1.60. The van der Waals surface area contributed by atoms with Gasteiger partial charge in [0.15, 0.2) is 6.10 Å². The van der Waals surface area contributed by atoms with E-state index in [4.69, 9.17) is 9.57 Å². The molecular formula is C25H22F2N2O3. The molecule has 1 amide bonds. The average molecular weight is 436 g/mol. The van der Waals surface area contributed by atoms with Gasteiger partial charge in [0.1, 0.15) is 17.4 Å². The van der Waals surface area contributed by atoms with E-state index in [1.807, 2.05) is 24.3 Å². The van der Waals surface area contributed by atoms with Crippen LogP contribution in [0.25, 0.3) is 0 Å². The molecule has 0 saturated heterocycles. The predicted octanol–water partition coefficient (Wildman–Crippen LogP) is 4.81. The van der Waals surface area contributed by atoms with Crippen LogP contribution >= 0.6 is 0 Å². The van der Waals surface area contributed by atoms with Crippen LogP contribution in [0.1, 0.15) is 27.9 Å². The third kappa shape index (κ3) is 4.94. The van der Waals surface area contributed by atoms with Crippen molar-refractivity contribution in [2.45, 2.75) is 19.1 Å². The minimum Gasteiger partial charge on any atom is -0.497 e. The zero-order valence-electron chi connectivity index (χ0n) is 17.5. The van der Waals surface area contributed by atoms with Crippen LogP contribution in [-0.2, 0) is 11.4 Å². The molecule has 164 valence electrons. The highest BCUT2D eigenvalue weighted by atomic mass is 19.1. The van der Waals surface area contributed by atoms with Gasteiger partial charge >= 0.3 is 0 Å². The summed E-state index contributed by atoms with van der Waals surface area (Å²) in [6, 6.07) is 19.2. The summed E-state index contributed by atoms with van der Waals surface area (Å²) in [6.07, 6.45) is 0.0765. The maximum Gasteiger partial charge on any atom is 0.257 e. The lowest BCUT2D eigenvalue weighted by atomic mass is 10.0. The molecular weight excluding hydrogens is 414 g/mol. The van der Waals surface area contributed by atoms with Gasteiger partial charge in [0.25, 0.3) is 5.91 Å². The zero-order chi connectivity index (χ0) is 22.5. The number of amides is 1. The first-order chi connectivity index (χ1) is 15.5. The van der Waals surface area contributed by atoms with Crippen molar-refractivity contribution < 1.29 is 23.1 Å². The van der Waals surface area contributed by atoms with Crippen molar-refractivity contribution in [2.24, 2.45) is 5.16 Å². The van der Waals surface area contributed by atoms with Crippen LogP contribution in [-0.4, -0.2) is 36.3 Å². The molecule has 1 atom stereocenters. The van der Waals surface area contributed by atoms with Gasteiger partial charge in [-0.25, -0.2) is 8.78 Å². The Bertz CT molecular complexity index is 1130. The first-order valence-electron chi connectivity index (χ1n) is 10.2. The van der Waals surface area contributed by atoms with Crippen LogP contribution in [0.2, 0.25) is 0 Å². The largest absolute Gasteiger partial charge is 0.497 e. The standard InChI is InChI=1S/C25H22F2N2O3/c1-31-20-11-9-18(10-12-20)24-14-21(32-28-24)16-29(15-17-5-4-6-19(26)13-17)25(30)22-7-2-3-8-23(22)27/h2-13,21H,14-16H2,1H3/t21-/m1/s1. The van der Waals surface area contributed by atoms with Crippen molar-refractivity contribution >= 4 is 11.6 Å². The fourth-order valence-corrected chi connectivity index (χ4v) is 3.61. The number of oxime groups is 1. The van der Waals surface area contributed by atoms with Gasteiger partial charge in [0, 0.05) is 13.0 Å². The maximum absolute atomic E-state index is 14.3. The van der Waals surface area contributed by atoms with Crippen LogP contribution in [0.3, 0.4) is 0 Å². The van der Waals surface area contributed by atoms with E-state index in [1.165, 1.54) is 35.2 Å². The van der Waals surface area contributed by atoms with Crippen LogP contribution in [0, 0.1) is 11.6 Å². The van der Waals surface area contributed by atoms with Crippen LogP contribution in [0.15, 0.2) is 78.0 Å². The summed E-state index contributed by atoms with van der Waals surface area (Å²) >= 11 is 0. The van der Waals surface area contributed by atoms with E-state index in [0.29, 0.717) is 12.0 Å². The number of halogens is 2. The van der Waals surface area contributed by atoms with Gasteiger partial charge in [0.05, 0.1) is 24.9 Å². The molecule has 7 heteroatoms. The molecule has 0 aromatic heterocycles. The molecule has 1 aliphatic heterocycles. The number of methoxy groups -OCH3 is 1. The second-order valence-corrected chi connectivity index (χ2v) is 7.49. The van der Waals surface area contributed by atoms with Crippen LogP contribution < -0.4 is 4.74 Å². The molecule has 0 bridgehead atoms. The Hall–Kier alpha value is -3.74. The minimum atomic E-state index is -0.607.